The van der Waals surface area contributed by atoms with Crippen LogP contribution in [0.15, 0.2) is 18.2 Å². The van der Waals surface area contributed by atoms with E-state index < -0.39 is 6.10 Å². The Morgan fingerprint density at radius 2 is 2.06 bits per heavy atom. The van der Waals surface area contributed by atoms with E-state index in [9.17, 15) is 9.50 Å². The second-order valence-electron chi connectivity index (χ2n) is 4.89. The number of benzene rings is 1. The van der Waals surface area contributed by atoms with Crippen LogP contribution < -0.4 is 4.74 Å². The molecule has 1 fully saturated rings. The smallest absolute Gasteiger partial charge is 0.126 e. The molecule has 1 atom stereocenters. The van der Waals surface area contributed by atoms with Crippen molar-refractivity contribution >= 4 is 0 Å². The van der Waals surface area contributed by atoms with Gasteiger partial charge in [-0.05, 0) is 43.9 Å². The summed E-state index contributed by atoms with van der Waals surface area (Å²) >= 11 is 0. The molecule has 2 nitrogen and oxygen atoms in total. The third-order valence-corrected chi connectivity index (χ3v) is 3.74. The summed E-state index contributed by atoms with van der Waals surface area (Å²) in [7, 11) is 0. The molecular formula is C13H15FO2. The standard InChI is InChI=1S/C13H15FO2/c14-9-3-4-12-10(7-9)11(15)8-13(16-12)5-1-2-6-13/h3-4,7,11,15H,1-2,5-6,8H2/t11-/m1/s1. The summed E-state index contributed by atoms with van der Waals surface area (Å²) in [4.78, 5) is 0. The first kappa shape index (κ1) is 10.1. The Morgan fingerprint density at radius 3 is 2.81 bits per heavy atom. The maximum Gasteiger partial charge on any atom is 0.126 e. The van der Waals surface area contributed by atoms with Gasteiger partial charge in [-0.3, -0.25) is 0 Å². The quantitative estimate of drug-likeness (QED) is 0.731. The summed E-state index contributed by atoms with van der Waals surface area (Å²) in [6.07, 6.45) is 4.33. The molecule has 0 saturated heterocycles. The highest BCUT2D eigenvalue weighted by Crippen LogP contribution is 2.47. The van der Waals surface area contributed by atoms with Crippen molar-refractivity contribution in [1.82, 2.24) is 0 Å². The Balaban J connectivity index is 1.99. The first-order valence-electron chi connectivity index (χ1n) is 5.85. The van der Waals surface area contributed by atoms with Crippen LogP contribution in [-0.2, 0) is 0 Å². The molecule has 0 amide bonds. The van der Waals surface area contributed by atoms with E-state index in [1.807, 2.05) is 0 Å². The summed E-state index contributed by atoms with van der Waals surface area (Å²) in [5.74, 6) is 0.339. The highest BCUT2D eigenvalue weighted by Gasteiger charge is 2.42. The Hall–Kier alpha value is -1.09. The first-order valence-corrected chi connectivity index (χ1v) is 5.85. The van der Waals surface area contributed by atoms with Gasteiger partial charge < -0.3 is 9.84 Å². The number of rotatable bonds is 0. The molecule has 0 unspecified atom stereocenters. The molecule has 1 aliphatic carbocycles. The monoisotopic (exact) mass is 222 g/mol. The van der Waals surface area contributed by atoms with Gasteiger partial charge in [-0.1, -0.05) is 0 Å². The molecule has 1 aromatic rings. The molecule has 3 rings (SSSR count). The second kappa shape index (κ2) is 3.45. The molecule has 2 aliphatic rings. The number of aliphatic hydroxyl groups is 1. The fourth-order valence-corrected chi connectivity index (χ4v) is 2.94. The number of hydrogen-bond donors (Lipinski definition) is 1. The topological polar surface area (TPSA) is 29.5 Å². The van der Waals surface area contributed by atoms with Crippen molar-refractivity contribution in [2.75, 3.05) is 0 Å². The van der Waals surface area contributed by atoms with E-state index in [4.69, 9.17) is 4.74 Å². The zero-order chi connectivity index (χ0) is 11.2. The van der Waals surface area contributed by atoms with Gasteiger partial charge in [-0.25, -0.2) is 4.39 Å². The van der Waals surface area contributed by atoms with Crippen molar-refractivity contribution in [2.45, 2.75) is 43.8 Å². The molecule has 0 bridgehead atoms. The van der Waals surface area contributed by atoms with E-state index >= 15 is 0 Å². The SMILES string of the molecule is O[C@@H]1CC2(CCCC2)Oc2ccc(F)cc21. The van der Waals surface area contributed by atoms with Crippen LogP contribution in [0.4, 0.5) is 4.39 Å². The molecular weight excluding hydrogens is 207 g/mol. The highest BCUT2D eigenvalue weighted by molar-refractivity contribution is 5.38. The number of fused-ring (bicyclic) bond motifs is 1. The number of ether oxygens (including phenoxy) is 1. The first-order chi connectivity index (χ1) is 7.69. The lowest BCUT2D eigenvalue weighted by molar-refractivity contribution is -0.00962. The highest BCUT2D eigenvalue weighted by atomic mass is 19.1. The third kappa shape index (κ3) is 1.50. The van der Waals surface area contributed by atoms with Crippen LogP contribution in [0.3, 0.4) is 0 Å². The van der Waals surface area contributed by atoms with Gasteiger partial charge in [0.25, 0.3) is 0 Å². The largest absolute Gasteiger partial charge is 0.487 e. The van der Waals surface area contributed by atoms with Crippen LogP contribution in [-0.4, -0.2) is 10.7 Å². The summed E-state index contributed by atoms with van der Waals surface area (Å²) in [6.45, 7) is 0. The fraction of sp³-hybridized carbons (Fsp3) is 0.538. The summed E-state index contributed by atoms with van der Waals surface area (Å²) in [5.41, 5.74) is 0.405. The van der Waals surface area contributed by atoms with E-state index in [0.717, 1.165) is 25.7 Å². The van der Waals surface area contributed by atoms with E-state index in [2.05, 4.69) is 0 Å². The van der Waals surface area contributed by atoms with Gasteiger partial charge in [0.1, 0.15) is 17.2 Å². The van der Waals surface area contributed by atoms with Crippen LogP contribution in [0.25, 0.3) is 0 Å². The minimum atomic E-state index is -0.586. The van der Waals surface area contributed by atoms with Gasteiger partial charge in [0.2, 0.25) is 0 Å². The van der Waals surface area contributed by atoms with Gasteiger partial charge in [-0.15, -0.1) is 0 Å². The molecule has 16 heavy (non-hydrogen) atoms. The molecule has 3 heteroatoms. The van der Waals surface area contributed by atoms with Crippen LogP contribution >= 0.6 is 0 Å². The number of hydrogen-bond acceptors (Lipinski definition) is 2. The molecule has 1 aromatic carbocycles. The predicted molar refractivity (Wildman–Crippen MR) is 57.8 cm³/mol. The van der Waals surface area contributed by atoms with Crippen molar-refractivity contribution in [1.29, 1.82) is 0 Å². The van der Waals surface area contributed by atoms with Crippen LogP contribution in [0, 0.1) is 5.82 Å². The molecule has 0 aromatic heterocycles. The molecule has 1 heterocycles. The molecule has 0 radical (unpaired) electrons. The van der Waals surface area contributed by atoms with E-state index in [1.165, 1.54) is 12.1 Å². The van der Waals surface area contributed by atoms with Crippen molar-refractivity contribution in [3.63, 3.8) is 0 Å². The van der Waals surface area contributed by atoms with E-state index in [0.29, 0.717) is 17.7 Å². The van der Waals surface area contributed by atoms with Gasteiger partial charge in [-0.2, -0.15) is 0 Å². The lowest BCUT2D eigenvalue weighted by Crippen LogP contribution is -2.38. The van der Waals surface area contributed by atoms with Crippen LogP contribution in [0.2, 0.25) is 0 Å². The van der Waals surface area contributed by atoms with Crippen molar-refractivity contribution in [2.24, 2.45) is 0 Å². The maximum absolute atomic E-state index is 13.1. The van der Waals surface area contributed by atoms with Crippen molar-refractivity contribution in [3.8, 4) is 5.75 Å². The van der Waals surface area contributed by atoms with Gasteiger partial charge in [0.05, 0.1) is 6.10 Å². The third-order valence-electron chi connectivity index (χ3n) is 3.74. The van der Waals surface area contributed by atoms with Crippen LogP contribution in [0.1, 0.15) is 43.8 Å². The summed E-state index contributed by atoms with van der Waals surface area (Å²) in [5, 5.41) is 10.1. The Morgan fingerprint density at radius 1 is 1.31 bits per heavy atom. The Labute approximate surface area is 94.0 Å². The minimum Gasteiger partial charge on any atom is -0.487 e. The van der Waals surface area contributed by atoms with E-state index in [-0.39, 0.29) is 11.4 Å². The van der Waals surface area contributed by atoms with Gasteiger partial charge in [0.15, 0.2) is 0 Å². The Bertz CT molecular complexity index is 410. The zero-order valence-corrected chi connectivity index (χ0v) is 9.08. The molecule has 1 spiro atoms. The minimum absolute atomic E-state index is 0.190. The zero-order valence-electron chi connectivity index (χ0n) is 9.08. The van der Waals surface area contributed by atoms with Crippen molar-refractivity contribution < 1.29 is 14.2 Å². The van der Waals surface area contributed by atoms with Gasteiger partial charge >= 0.3 is 0 Å². The summed E-state index contributed by atoms with van der Waals surface area (Å²) < 4.78 is 19.0. The predicted octanol–water partition coefficient (Wildman–Crippen LogP) is 2.95. The molecule has 1 N–H and O–H groups in total. The number of halogens is 1. The summed E-state index contributed by atoms with van der Waals surface area (Å²) in [6, 6.07) is 4.40. The van der Waals surface area contributed by atoms with Gasteiger partial charge in [0, 0.05) is 12.0 Å². The lowest BCUT2D eigenvalue weighted by atomic mass is 9.87. The average molecular weight is 222 g/mol. The van der Waals surface area contributed by atoms with Crippen LogP contribution in [0.5, 0.6) is 5.75 Å². The normalized spacial score (nSPS) is 26.5. The maximum atomic E-state index is 13.1. The fourth-order valence-electron chi connectivity index (χ4n) is 2.94. The number of aliphatic hydroxyl groups excluding tert-OH is 1. The molecule has 1 aliphatic heterocycles. The van der Waals surface area contributed by atoms with E-state index in [1.54, 1.807) is 6.07 Å². The lowest BCUT2D eigenvalue weighted by Gasteiger charge is -2.38. The second-order valence-corrected chi connectivity index (χ2v) is 4.89. The van der Waals surface area contributed by atoms with Crippen molar-refractivity contribution in [3.05, 3.63) is 29.6 Å². The molecule has 86 valence electrons. The Kier molecular flexibility index (Phi) is 2.18. The average Bonchev–Trinajstić information content (AvgIpc) is 2.68. The molecule has 1 saturated carbocycles.